The number of rotatable bonds is 6. The van der Waals surface area contributed by atoms with E-state index in [1.54, 1.807) is 24.3 Å². The molecule has 0 aliphatic rings. The summed E-state index contributed by atoms with van der Waals surface area (Å²) in [5, 5.41) is 13.7. The van der Waals surface area contributed by atoms with Gasteiger partial charge < -0.3 is 10.1 Å². The van der Waals surface area contributed by atoms with Crippen LogP contribution in [0.15, 0.2) is 48.8 Å². The number of nitrogens with one attached hydrogen (secondary N) is 1. The molecule has 1 heterocycles. The van der Waals surface area contributed by atoms with E-state index in [4.69, 9.17) is 4.74 Å². The van der Waals surface area contributed by atoms with Gasteiger partial charge in [-0.1, -0.05) is 24.3 Å². The van der Waals surface area contributed by atoms with Crippen LogP contribution in [-0.2, 0) is 9.53 Å². The van der Waals surface area contributed by atoms with E-state index in [-0.39, 0.29) is 18.6 Å². The summed E-state index contributed by atoms with van der Waals surface area (Å²) < 4.78 is 6.56. The van der Waals surface area contributed by atoms with Crippen molar-refractivity contribution in [3.05, 3.63) is 71.0 Å². The van der Waals surface area contributed by atoms with Crippen LogP contribution in [0.1, 0.15) is 40.0 Å². The molecule has 0 saturated heterocycles. The van der Waals surface area contributed by atoms with Gasteiger partial charge in [-0.05, 0) is 66.1 Å². The lowest BCUT2D eigenvalue weighted by molar-refractivity contribution is -0.124. The number of ether oxygens (including phenoxy) is 1. The summed E-state index contributed by atoms with van der Waals surface area (Å²) in [4.78, 5) is 24.4. The summed E-state index contributed by atoms with van der Waals surface area (Å²) in [6.45, 7) is 5.59. The lowest BCUT2D eigenvalue weighted by atomic mass is 10.0. The molecule has 0 spiro atoms. The average Bonchev–Trinajstić information content (AvgIpc) is 3.23. The lowest BCUT2D eigenvalue weighted by Crippen LogP contribution is -2.31. The molecule has 0 unspecified atom stereocenters. The Hall–Kier alpha value is -3.55. The second-order valence-corrected chi connectivity index (χ2v) is 6.51. The number of carbonyl (C=O) groups excluding carboxylic acids is 2. The fourth-order valence-corrected chi connectivity index (χ4v) is 2.67. The SMILES string of the molecule is Cc1ccc([C@H](C)NC(=O)COC(=O)c2cccc(-n3cnnn3)c2)cc1C. The van der Waals surface area contributed by atoms with Crippen molar-refractivity contribution in [3.8, 4) is 5.69 Å². The molecule has 0 saturated carbocycles. The number of hydrogen-bond donors (Lipinski definition) is 1. The van der Waals surface area contributed by atoms with Crippen molar-refractivity contribution in [2.45, 2.75) is 26.8 Å². The second-order valence-electron chi connectivity index (χ2n) is 6.51. The van der Waals surface area contributed by atoms with E-state index < -0.39 is 5.97 Å². The zero-order valence-electron chi connectivity index (χ0n) is 15.9. The first-order valence-corrected chi connectivity index (χ1v) is 8.81. The van der Waals surface area contributed by atoms with Crippen LogP contribution < -0.4 is 5.32 Å². The largest absolute Gasteiger partial charge is 0.452 e. The van der Waals surface area contributed by atoms with E-state index in [1.807, 2.05) is 39.0 Å². The van der Waals surface area contributed by atoms with Crippen LogP contribution in [0.4, 0.5) is 0 Å². The molecule has 8 nitrogen and oxygen atoms in total. The second kappa shape index (κ2) is 8.43. The van der Waals surface area contributed by atoms with Gasteiger partial charge in [-0.15, -0.1) is 5.10 Å². The third kappa shape index (κ3) is 4.59. The Balaban J connectivity index is 1.56. The maximum atomic E-state index is 12.2. The van der Waals surface area contributed by atoms with E-state index in [0.717, 1.165) is 11.1 Å². The normalized spacial score (nSPS) is 11.7. The molecule has 0 bridgehead atoms. The van der Waals surface area contributed by atoms with Gasteiger partial charge in [0.15, 0.2) is 6.61 Å². The minimum Gasteiger partial charge on any atom is -0.452 e. The minimum absolute atomic E-state index is 0.186. The fraction of sp³-hybridized carbons (Fsp3) is 0.250. The summed E-state index contributed by atoms with van der Waals surface area (Å²) in [7, 11) is 0. The Kier molecular flexibility index (Phi) is 5.78. The number of nitrogens with zero attached hydrogens (tertiary/aromatic N) is 4. The maximum Gasteiger partial charge on any atom is 0.338 e. The summed E-state index contributed by atoms with van der Waals surface area (Å²) >= 11 is 0. The number of aryl methyl sites for hydroxylation is 2. The van der Waals surface area contributed by atoms with Gasteiger partial charge in [0.1, 0.15) is 6.33 Å². The number of aromatic nitrogens is 4. The van der Waals surface area contributed by atoms with Crippen LogP contribution in [0.5, 0.6) is 0 Å². The molecular formula is C20H21N5O3. The molecule has 3 aromatic rings. The number of tetrazole rings is 1. The van der Waals surface area contributed by atoms with Gasteiger partial charge in [-0.2, -0.15) is 0 Å². The summed E-state index contributed by atoms with van der Waals surface area (Å²) in [6.07, 6.45) is 1.42. The Morgan fingerprint density at radius 2 is 1.96 bits per heavy atom. The van der Waals surface area contributed by atoms with E-state index in [2.05, 4.69) is 20.8 Å². The molecule has 1 aromatic heterocycles. The van der Waals surface area contributed by atoms with Crippen molar-refractivity contribution < 1.29 is 14.3 Å². The Morgan fingerprint density at radius 3 is 2.68 bits per heavy atom. The molecule has 2 aromatic carbocycles. The first-order valence-electron chi connectivity index (χ1n) is 8.81. The number of benzene rings is 2. The minimum atomic E-state index is -0.594. The van der Waals surface area contributed by atoms with Crippen LogP contribution in [0, 0.1) is 13.8 Å². The molecule has 0 aliphatic carbocycles. The summed E-state index contributed by atoms with van der Waals surface area (Å²) in [6, 6.07) is 12.5. The summed E-state index contributed by atoms with van der Waals surface area (Å²) in [5.41, 5.74) is 4.28. The van der Waals surface area contributed by atoms with E-state index in [9.17, 15) is 9.59 Å². The smallest absolute Gasteiger partial charge is 0.338 e. The van der Waals surface area contributed by atoms with Gasteiger partial charge in [0.05, 0.1) is 17.3 Å². The highest BCUT2D eigenvalue weighted by atomic mass is 16.5. The molecule has 0 aliphatic heterocycles. The van der Waals surface area contributed by atoms with Crippen molar-refractivity contribution in [1.82, 2.24) is 25.5 Å². The van der Waals surface area contributed by atoms with Gasteiger partial charge in [0, 0.05) is 0 Å². The quantitative estimate of drug-likeness (QED) is 0.660. The van der Waals surface area contributed by atoms with Crippen LogP contribution in [0.2, 0.25) is 0 Å². The van der Waals surface area contributed by atoms with Crippen molar-refractivity contribution in [2.75, 3.05) is 6.61 Å². The zero-order chi connectivity index (χ0) is 20.1. The third-order valence-corrected chi connectivity index (χ3v) is 4.44. The molecule has 8 heteroatoms. The van der Waals surface area contributed by atoms with Crippen LogP contribution in [-0.4, -0.2) is 38.7 Å². The van der Waals surface area contributed by atoms with Gasteiger partial charge in [-0.25, -0.2) is 9.48 Å². The van der Waals surface area contributed by atoms with E-state index in [0.29, 0.717) is 11.3 Å². The lowest BCUT2D eigenvalue weighted by Gasteiger charge is -2.16. The van der Waals surface area contributed by atoms with Crippen LogP contribution in [0.25, 0.3) is 5.69 Å². The summed E-state index contributed by atoms with van der Waals surface area (Å²) in [5.74, 6) is -0.959. The molecule has 1 atom stereocenters. The van der Waals surface area contributed by atoms with E-state index in [1.165, 1.54) is 16.6 Å². The maximum absolute atomic E-state index is 12.2. The van der Waals surface area contributed by atoms with Crippen LogP contribution >= 0.6 is 0 Å². The molecular weight excluding hydrogens is 358 g/mol. The Labute approximate surface area is 162 Å². The predicted molar refractivity (Wildman–Crippen MR) is 102 cm³/mol. The van der Waals surface area contributed by atoms with Crippen LogP contribution in [0.3, 0.4) is 0 Å². The Morgan fingerprint density at radius 1 is 1.14 bits per heavy atom. The van der Waals surface area contributed by atoms with Crippen molar-refractivity contribution in [3.63, 3.8) is 0 Å². The fourth-order valence-electron chi connectivity index (χ4n) is 2.67. The van der Waals surface area contributed by atoms with Gasteiger partial charge in [-0.3, -0.25) is 4.79 Å². The molecule has 0 fully saturated rings. The number of amides is 1. The predicted octanol–water partition coefficient (Wildman–Crippen LogP) is 2.31. The number of hydrogen-bond acceptors (Lipinski definition) is 6. The molecule has 144 valence electrons. The van der Waals surface area contributed by atoms with Crippen molar-refractivity contribution >= 4 is 11.9 Å². The van der Waals surface area contributed by atoms with Crippen molar-refractivity contribution in [2.24, 2.45) is 0 Å². The molecule has 0 radical (unpaired) electrons. The highest BCUT2D eigenvalue weighted by Crippen LogP contribution is 2.16. The van der Waals surface area contributed by atoms with Gasteiger partial charge in [0.25, 0.3) is 5.91 Å². The molecule has 1 amide bonds. The highest BCUT2D eigenvalue weighted by molar-refractivity contribution is 5.91. The Bertz CT molecular complexity index is 985. The standard InChI is InChI=1S/C20H21N5O3/c1-13-7-8-16(9-14(13)2)15(3)22-19(26)11-28-20(27)17-5-4-6-18(10-17)25-12-21-23-24-25/h4-10,12,15H,11H2,1-3H3,(H,22,26)/t15-/m0/s1. The number of carbonyl (C=O) groups is 2. The van der Waals surface area contributed by atoms with Gasteiger partial charge >= 0.3 is 5.97 Å². The van der Waals surface area contributed by atoms with E-state index >= 15 is 0 Å². The monoisotopic (exact) mass is 379 g/mol. The third-order valence-electron chi connectivity index (χ3n) is 4.44. The molecule has 3 rings (SSSR count). The number of esters is 1. The first-order chi connectivity index (χ1) is 13.4. The molecule has 1 N–H and O–H groups in total. The molecule has 28 heavy (non-hydrogen) atoms. The first kappa shape index (κ1) is 19.2. The average molecular weight is 379 g/mol. The zero-order valence-corrected chi connectivity index (χ0v) is 15.9. The van der Waals surface area contributed by atoms with Gasteiger partial charge in [0.2, 0.25) is 0 Å². The topological polar surface area (TPSA) is 99.0 Å². The van der Waals surface area contributed by atoms with Crippen molar-refractivity contribution in [1.29, 1.82) is 0 Å². The highest BCUT2D eigenvalue weighted by Gasteiger charge is 2.14.